The van der Waals surface area contributed by atoms with Gasteiger partial charge in [0.25, 0.3) is 0 Å². The van der Waals surface area contributed by atoms with Crippen molar-refractivity contribution in [3.63, 3.8) is 0 Å². The molecule has 0 heterocycles. The second-order valence-corrected chi connectivity index (χ2v) is 2.83. The molecule has 1 rings (SSSR count). The van der Waals surface area contributed by atoms with E-state index >= 15 is 0 Å². The van der Waals surface area contributed by atoms with Crippen molar-refractivity contribution in [2.24, 2.45) is 0 Å². The van der Waals surface area contributed by atoms with Crippen LogP contribution < -0.4 is 0 Å². The Morgan fingerprint density at radius 1 is 0.609 bits per heavy atom. The van der Waals surface area contributed by atoms with Crippen molar-refractivity contribution in [1.29, 1.82) is 0 Å². The molecule has 10 heteroatoms. The van der Waals surface area contributed by atoms with Gasteiger partial charge in [-0.05, 0) is 6.92 Å². The summed E-state index contributed by atoms with van der Waals surface area (Å²) >= 11 is 9.85. The Morgan fingerprint density at radius 2 is 0.870 bits per heavy atom. The molecular formula is C13H6Fe2O6S2-2. The Bertz CT molecular complexity index is 407. The van der Waals surface area contributed by atoms with E-state index in [1.165, 1.54) is 5.56 Å². The third-order valence-electron chi connectivity index (χ3n) is 1.10. The van der Waals surface area contributed by atoms with Gasteiger partial charge in [-0.1, -0.05) is 23.8 Å². The van der Waals surface area contributed by atoms with Gasteiger partial charge in [0.05, 0.1) is 0 Å². The van der Waals surface area contributed by atoms with Crippen molar-refractivity contribution in [3.05, 3.63) is 63.7 Å². The molecule has 0 aliphatic carbocycles. The fourth-order valence-corrected chi connectivity index (χ4v) is 0.996. The fourth-order valence-electron chi connectivity index (χ4n) is 0.615. The number of aryl methyl sites for hydroxylation is 1. The molecule has 0 amide bonds. The molecule has 0 fully saturated rings. The molecule has 0 radical (unpaired) electrons. The third-order valence-corrected chi connectivity index (χ3v) is 1.92. The number of rotatable bonds is 0. The summed E-state index contributed by atoms with van der Waals surface area (Å²) in [5.41, 5.74) is 1.17. The summed E-state index contributed by atoms with van der Waals surface area (Å²) in [5.74, 6) is 0. The average Bonchev–Trinajstić information content (AvgIpc) is 2.62. The van der Waals surface area contributed by atoms with Gasteiger partial charge in [-0.2, -0.15) is 9.79 Å². The summed E-state index contributed by atoms with van der Waals surface area (Å²) in [7, 11) is 0. The molecule has 0 saturated carbocycles. The minimum absolute atomic E-state index is 0. The van der Waals surface area contributed by atoms with E-state index in [0.717, 1.165) is 9.79 Å². The Labute approximate surface area is 167 Å². The van der Waals surface area contributed by atoms with Crippen LogP contribution in [0.15, 0.2) is 28.0 Å². The van der Waals surface area contributed by atoms with E-state index < -0.39 is 0 Å². The fraction of sp³-hybridized carbons (Fsp3) is 0.0769. The molecule has 124 valence electrons. The minimum Gasteiger partial charge on any atom is 0 e. The van der Waals surface area contributed by atoms with Gasteiger partial charge < -0.3 is 25.3 Å². The first-order valence-corrected chi connectivity index (χ1v) is 4.69. The van der Waals surface area contributed by atoms with E-state index in [1.807, 2.05) is 25.1 Å². The SMILES string of the molecule is Cc1ccc([S-])c([S-])c1.[C-]#[O+].[C-]#[O+].[C-]#[O+].[C-]#[O+].[C-]#[O+].[C-]#[O+].[Fe].[Fe]. The summed E-state index contributed by atoms with van der Waals surface area (Å²) in [4.78, 5) is 1.56. The molecule has 0 spiro atoms. The Hall–Kier alpha value is -0.861. The molecule has 0 aliphatic heterocycles. The summed E-state index contributed by atoms with van der Waals surface area (Å²) in [6.07, 6.45) is 0. The number of hydrogen-bond acceptors (Lipinski definition) is 2. The monoisotopic (exact) mass is 434 g/mol. The maximum atomic E-state index is 7.50. The molecule has 23 heavy (non-hydrogen) atoms. The maximum Gasteiger partial charge on any atom is 0 e. The summed E-state index contributed by atoms with van der Waals surface area (Å²) in [5, 5.41) is 0. The minimum atomic E-state index is 0. The molecule has 0 atom stereocenters. The summed E-state index contributed by atoms with van der Waals surface area (Å²) in [6, 6.07) is 5.75. The van der Waals surface area contributed by atoms with Crippen LogP contribution in [0.2, 0.25) is 0 Å². The van der Waals surface area contributed by atoms with Crippen molar-refractivity contribution >= 4 is 25.3 Å². The smallest absolute Gasteiger partial charge is 0 e. The van der Waals surface area contributed by atoms with Gasteiger partial charge in [0.1, 0.15) is 0 Å². The van der Waals surface area contributed by atoms with E-state index in [4.69, 9.17) is 53.2 Å². The van der Waals surface area contributed by atoms with Crippen molar-refractivity contribution < 1.29 is 62.1 Å². The van der Waals surface area contributed by atoms with Gasteiger partial charge in [0.15, 0.2) is 0 Å². The van der Waals surface area contributed by atoms with Crippen molar-refractivity contribution in [1.82, 2.24) is 0 Å². The van der Waals surface area contributed by atoms with E-state index in [0.29, 0.717) is 0 Å². The molecule has 1 aromatic carbocycles. The molecule has 0 unspecified atom stereocenters. The van der Waals surface area contributed by atoms with Gasteiger partial charge >= 0.3 is 67.8 Å². The third kappa shape index (κ3) is 52.5. The van der Waals surface area contributed by atoms with Crippen molar-refractivity contribution in [3.8, 4) is 0 Å². The van der Waals surface area contributed by atoms with Crippen molar-refractivity contribution in [2.45, 2.75) is 16.7 Å². The largest absolute Gasteiger partial charge is 0 e. The van der Waals surface area contributed by atoms with Crippen LogP contribution in [0.25, 0.3) is 0 Å². The van der Waals surface area contributed by atoms with E-state index in [9.17, 15) is 0 Å². The predicted molar refractivity (Wildman–Crippen MR) is 66.0 cm³/mol. The zero-order valence-electron chi connectivity index (χ0n) is 11.2. The normalized spacial score (nSPS) is 4.22. The molecule has 1 aromatic rings. The molecule has 0 saturated heterocycles. The molecule has 0 N–H and O–H groups in total. The zero-order valence-corrected chi connectivity index (χ0v) is 15.0. The van der Waals surface area contributed by atoms with E-state index in [-0.39, 0.29) is 34.1 Å². The van der Waals surface area contributed by atoms with Crippen LogP contribution in [0.1, 0.15) is 5.56 Å². The summed E-state index contributed by atoms with van der Waals surface area (Å²) < 4.78 is 45.0. The second kappa shape index (κ2) is 69.1. The standard InChI is InChI=1S/C7H8S2.6CO.2Fe/c1-5-2-3-6(8)7(9)4-5;6*1-2;;/h2-4,8-9H,1H3;;;;;;;;/p-2. The van der Waals surface area contributed by atoms with Gasteiger partial charge in [-0.15, -0.1) is 0 Å². The molecule has 6 nitrogen and oxygen atoms in total. The Balaban J connectivity index is -0.0000000232. The van der Waals surface area contributed by atoms with Gasteiger partial charge in [-0.25, -0.2) is 0 Å². The summed E-state index contributed by atoms with van der Waals surface area (Å²) in [6.45, 7) is 29.0. The first-order valence-electron chi connectivity index (χ1n) is 3.87. The van der Waals surface area contributed by atoms with E-state index in [2.05, 4.69) is 39.9 Å². The Kier molecular flexibility index (Phi) is 149. The van der Waals surface area contributed by atoms with Crippen LogP contribution in [-0.4, -0.2) is 0 Å². The van der Waals surface area contributed by atoms with Crippen LogP contribution in [0, 0.1) is 46.8 Å². The van der Waals surface area contributed by atoms with Crippen LogP contribution in [-0.2, 0) is 87.3 Å². The Morgan fingerprint density at radius 3 is 1.04 bits per heavy atom. The predicted octanol–water partition coefficient (Wildman–Crippen LogP) is 1.58. The maximum absolute atomic E-state index is 7.50. The van der Waals surface area contributed by atoms with Crippen LogP contribution >= 0.6 is 0 Å². The first-order chi connectivity index (χ1) is 10.2. The average molecular weight is 434 g/mol. The van der Waals surface area contributed by atoms with Crippen molar-refractivity contribution in [2.75, 3.05) is 0 Å². The number of benzene rings is 1. The topological polar surface area (TPSA) is 119 Å². The molecule has 0 bridgehead atoms. The number of hydrogen-bond donors (Lipinski definition) is 0. The van der Waals surface area contributed by atoms with E-state index in [1.54, 1.807) is 0 Å². The van der Waals surface area contributed by atoms with Crippen LogP contribution in [0.3, 0.4) is 0 Å². The van der Waals surface area contributed by atoms with Gasteiger partial charge in [0.2, 0.25) is 0 Å². The molecular weight excluding hydrogens is 428 g/mol. The van der Waals surface area contributed by atoms with Crippen LogP contribution in [0.5, 0.6) is 0 Å². The van der Waals surface area contributed by atoms with Gasteiger partial charge in [-0.3, -0.25) is 0 Å². The second-order valence-electron chi connectivity index (χ2n) is 1.95. The van der Waals surface area contributed by atoms with Crippen LogP contribution in [0.4, 0.5) is 0 Å². The molecule has 0 aromatic heterocycles. The zero-order chi connectivity index (χ0) is 18.9. The molecule has 0 aliphatic rings. The van der Waals surface area contributed by atoms with Gasteiger partial charge in [0, 0.05) is 34.1 Å². The quantitative estimate of drug-likeness (QED) is 0.267. The first kappa shape index (κ1) is 49.5.